The van der Waals surface area contributed by atoms with Crippen molar-refractivity contribution in [2.24, 2.45) is 0 Å². The van der Waals surface area contributed by atoms with Gasteiger partial charge in [0.15, 0.2) is 5.76 Å². The standard InChI is InChI=1S/C18H25N3O3S/c1-23-11-10-20-9-7-19-17(20)14-4-3-8-21(12-14)18(22)16-6-5-15(24-16)13-25-2/h5-7,9,14H,3-4,8,10-13H2,1-2H3/t14-/m1/s1. The first-order chi connectivity index (χ1) is 12.2. The number of ether oxygens (including phenoxy) is 1. The molecule has 7 heteroatoms. The summed E-state index contributed by atoms with van der Waals surface area (Å²) in [4.78, 5) is 19.2. The van der Waals surface area contributed by atoms with Crippen molar-refractivity contribution >= 4 is 17.7 Å². The summed E-state index contributed by atoms with van der Waals surface area (Å²) in [7, 11) is 1.70. The Morgan fingerprint density at radius 2 is 2.36 bits per heavy atom. The van der Waals surface area contributed by atoms with Crippen molar-refractivity contribution in [1.29, 1.82) is 0 Å². The number of piperidine rings is 1. The molecule has 0 unspecified atom stereocenters. The van der Waals surface area contributed by atoms with Gasteiger partial charge in [0.25, 0.3) is 5.91 Å². The molecule has 0 spiro atoms. The monoisotopic (exact) mass is 363 g/mol. The van der Waals surface area contributed by atoms with Gasteiger partial charge >= 0.3 is 0 Å². The van der Waals surface area contributed by atoms with Crippen LogP contribution in [0.1, 0.15) is 40.9 Å². The molecule has 136 valence electrons. The summed E-state index contributed by atoms with van der Waals surface area (Å²) in [5.41, 5.74) is 0. The molecule has 3 rings (SSSR count). The highest BCUT2D eigenvalue weighted by Gasteiger charge is 2.29. The molecule has 1 aliphatic heterocycles. The minimum absolute atomic E-state index is 0.0212. The maximum Gasteiger partial charge on any atom is 0.289 e. The lowest BCUT2D eigenvalue weighted by Crippen LogP contribution is -2.39. The van der Waals surface area contributed by atoms with E-state index in [2.05, 4.69) is 9.55 Å². The fourth-order valence-corrected chi connectivity index (χ4v) is 3.74. The van der Waals surface area contributed by atoms with Gasteiger partial charge in [-0.05, 0) is 31.2 Å². The van der Waals surface area contributed by atoms with Crippen LogP contribution >= 0.6 is 11.8 Å². The maximum atomic E-state index is 12.8. The third-order valence-corrected chi connectivity index (χ3v) is 5.09. The summed E-state index contributed by atoms with van der Waals surface area (Å²) in [6, 6.07) is 3.68. The fraction of sp³-hybridized carbons (Fsp3) is 0.556. The van der Waals surface area contributed by atoms with Gasteiger partial charge in [0.05, 0.1) is 12.4 Å². The number of amides is 1. The smallest absolute Gasteiger partial charge is 0.289 e. The second kappa shape index (κ2) is 8.58. The van der Waals surface area contributed by atoms with E-state index >= 15 is 0 Å². The van der Waals surface area contributed by atoms with Gasteiger partial charge in [-0.25, -0.2) is 4.98 Å². The van der Waals surface area contributed by atoms with E-state index in [1.807, 2.05) is 29.6 Å². The maximum absolute atomic E-state index is 12.8. The molecule has 1 amide bonds. The minimum Gasteiger partial charge on any atom is -0.455 e. The van der Waals surface area contributed by atoms with Crippen molar-refractivity contribution in [3.8, 4) is 0 Å². The Hall–Kier alpha value is -1.73. The molecule has 3 heterocycles. The van der Waals surface area contributed by atoms with Gasteiger partial charge in [0, 0.05) is 45.1 Å². The van der Waals surface area contributed by atoms with E-state index in [4.69, 9.17) is 9.15 Å². The van der Waals surface area contributed by atoms with Crippen LogP contribution in [0.5, 0.6) is 0 Å². The minimum atomic E-state index is -0.0212. The van der Waals surface area contributed by atoms with Crippen LogP contribution < -0.4 is 0 Å². The number of carbonyl (C=O) groups is 1. The molecule has 0 radical (unpaired) electrons. The molecule has 1 fully saturated rings. The van der Waals surface area contributed by atoms with Crippen LogP contribution in [0, 0.1) is 0 Å². The number of rotatable bonds is 7. The molecule has 0 aliphatic carbocycles. The predicted octanol–water partition coefficient (Wildman–Crippen LogP) is 3.01. The highest BCUT2D eigenvalue weighted by molar-refractivity contribution is 7.97. The molecule has 2 aromatic rings. The van der Waals surface area contributed by atoms with Crippen molar-refractivity contribution in [1.82, 2.24) is 14.5 Å². The number of imidazole rings is 1. The zero-order chi connectivity index (χ0) is 17.6. The topological polar surface area (TPSA) is 60.5 Å². The number of aromatic nitrogens is 2. The molecule has 6 nitrogen and oxygen atoms in total. The lowest BCUT2D eigenvalue weighted by atomic mass is 9.97. The van der Waals surface area contributed by atoms with Crippen LogP contribution in [0.2, 0.25) is 0 Å². The Bertz CT molecular complexity index is 697. The summed E-state index contributed by atoms with van der Waals surface area (Å²) in [5, 5.41) is 0. The van der Waals surface area contributed by atoms with Crippen LogP contribution in [-0.2, 0) is 17.0 Å². The van der Waals surface area contributed by atoms with Crippen LogP contribution in [0.4, 0.5) is 0 Å². The van der Waals surface area contributed by atoms with Gasteiger partial charge in [-0.3, -0.25) is 4.79 Å². The molecule has 1 atom stereocenters. The number of furan rings is 1. The van der Waals surface area contributed by atoms with Crippen LogP contribution in [0.25, 0.3) is 0 Å². The number of methoxy groups -OCH3 is 1. The van der Waals surface area contributed by atoms with Gasteiger partial charge in [0.1, 0.15) is 11.6 Å². The average Bonchev–Trinajstić information content (AvgIpc) is 3.29. The van der Waals surface area contributed by atoms with Crippen LogP contribution in [-0.4, -0.2) is 53.4 Å². The van der Waals surface area contributed by atoms with E-state index in [1.54, 1.807) is 24.9 Å². The number of hydrogen-bond acceptors (Lipinski definition) is 5. The van der Waals surface area contributed by atoms with E-state index in [0.29, 0.717) is 18.9 Å². The molecule has 1 saturated heterocycles. The third-order valence-electron chi connectivity index (χ3n) is 4.52. The van der Waals surface area contributed by atoms with Gasteiger partial charge in [-0.15, -0.1) is 0 Å². The zero-order valence-corrected chi connectivity index (χ0v) is 15.6. The second-order valence-electron chi connectivity index (χ2n) is 6.26. The molecule has 2 aromatic heterocycles. The Kier molecular flexibility index (Phi) is 6.20. The quantitative estimate of drug-likeness (QED) is 0.757. The first kappa shape index (κ1) is 18.1. The molecule has 0 aromatic carbocycles. The van der Waals surface area contributed by atoms with Crippen molar-refractivity contribution in [2.45, 2.75) is 31.1 Å². The van der Waals surface area contributed by atoms with E-state index in [1.165, 1.54) is 0 Å². The number of carbonyl (C=O) groups excluding carboxylic acids is 1. The Morgan fingerprint density at radius 1 is 1.48 bits per heavy atom. The summed E-state index contributed by atoms with van der Waals surface area (Å²) >= 11 is 1.68. The first-order valence-corrected chi connectivity index (χ1v) is 9.99. The van der Waals surface area contributed by atoms with E-state index in [0.717, 1.165) is 43.3 Å². The summed E-state index contributed by atoms with van der Waals surface area (Å²) in [5.74, 6) is 3.34. The Morgan fingerprint density at radius 3 is 3.16 bits per heavy atom. The molecular weight excluding hydrogens is 338 g/mol. The predicted molar refractivity (Wildman–Crippen MR) is 97.9 cm³/mol. The first-order valence-electron chi connectivity index (χ1n) is 8.59. The highest BCUT2D eigenvalue weighted by atomic mass is 32.2. The highest BCUT2D eigenvalue weighted by Crippen LogP contribution is 2.27. The molecule has 0 N–H and O–H groups in total. The molecule has 1 aliphatic rings. The van der Waals surface area contributed by atoms with E-state index in [-0.39, 0.29) is 11.8 Å². The van der Waals surface area contributed by atoms with Crippen LogP contribution in [0.15, 0.2) is 28.9 Å². The summed E-state index contributed by atoms with van der Waals surface area (Å²) in [6.07, 6.45) is 7.85. The lowest BCUT2D eigenvalue weighted by Gasteiger charge is -2.32. The van der Waals surface area contributed by atoms with E-state index < -0.39 is 0 Å². The SMILES string of the molecule is COCCn1ccnc1[C@@H]1CCCN(C(=O)c2ccc(CSC)o2)C1. The average molecular weight is 363 g/mol. The fourth-order valence-electron chi connectivity index (χ4n) is 3.30. The number of likely N-dealkylation sites (tertiary alicyclic amines) is 1. The summed E-state index contributed by atoms with van der Waals surface area (Å²) < 4.78 is 13.0. The zero-order valence-electron chi connectivity index (χ0n) is 14.8. The molecule has 25 heavy (non-hydrogen) atoms. The molecule has 0 saturated carbocycles. The largest absolute Gasteiger partial charge is 0.455 e. The third kappa shape index (κ3) is 4.27. The molecular formula is C18H25N3O3S. The van der Waals surface area contributed by atoms with Gasteiger partial charge < -0.3 is 18.6 Å². The van der Waals surface area contributed by atoms with Gasteiger partial charge in [-0.1, -0.05) is 0 Å². The Balaban J connectivity index is 1.68. The molecule has 0 bridgehead atoms. The van der Waals surface area contributed by atoms with Crippen molar-refractivity contribution in [3.63, 3.8) is 0 Å². The number of thioether (sulfide) groups is 1. The van der Waals surface area contributed by atoms with Crippen molar-refractivity contribution < 1.29 is 13.9 Å². The summed E-state index contributed by atoms with van der Waals surface area (Å²) in [6.45, 7) is 2.89. The van der Waals surface area contributed by atoms with Crippen LogP contribution in [0.3, 0.4) is 0 Å². The van der Waals surface area contributed by atoms with E-state index in [9.17, 15) is 4.79 Å². The van der Waals surface area contributed by atoms with Gasteiger partial charge in [0.2, 0.25) is 0 Å². The normalized spacial score (nSPS) is 17.8. The van der Waals surface area contributed by atoms with Gasteiger partial charge in [-0.2, -0.15) is 11.8 Å². The Labute approximate surface area is 152 Å². The number of hydrogen-bond donors (Lipinski definition) is 0. The number of nitrogens with zero attached hydrogens (tertiary/aromatic N) is 3. The van der Waals surface area contributed by atoms with Crippen molar-refractivity contribution in [2.75, 3.05) is 33.1 Å². The lowest BCUT2D eigenvalue weighted by molar-refractivity contribution is 0.0669. The second-order valence-corrected chi connectivity index (χ2v) is 7.13. The van der Waals surface area contributed by atoms with Crippen molar-refractivity contribution in [3.05, 3.63) is 41.9 Å².